The van der Waals surface area contributed by atoms with Gasteiger partial charge in [0.1, 0.15) is 5.56 Å². The first-order valence-corrected chi connectivity index (χ1v) is 8.25. The Kier molecular flexibility index (Phi) is 6.91. The predicted octanol–water partition coefficient (Wildman–Crippen LogP) is 4.15. The second-order valence-electron chi connectivity index (χ2n) is 5.45. The molecule has 0 saturated carbocycles. The van der Waals surface area contributed by atoms with Crippen molar-refractivity contribution in [1.82, 2.24) is 5.32 Å². The van der Waals surface area contributed by atoms with Crippen LogP contribution in [0.25, 0.3) is 0 Å². The summed E-state index contributed by atoms with van der Waals surface area (Å²) in [7, 11) is 0. The molecule has 1 atom stereocenters. The lowest BCUT2D eigenvalue weighted by molar-refractivity contribution is -0.385. The lowest BCUT2D eigenvalue weighted by atomic mass is 10.1. The number of hydrogen-bond acceptors (Lipinski definition) is 4. The minimum absolute atomic E-state index is 0.00651. The third-order valence-corrected chi connectivity index (χ3v) is 3.88. The van der Waals surface area contributed by atoms with E-state index < -0.39 is 10.8 Å². The number of nitrogens with zero attached hydrogens (tertiary/aromatic N) is 1. The summed E-state index contributed by atoms with van der Waals surface area (Å²) in [6.45, 7) is 2.80. The average molecular weight is 363 g/mol. The molecule has 0 aliphatic heterocycles. The summed E-state index contributed by atoms with van der Waals surface area (Å²) >= 11 is 5.74. The van der Waals surface area contributed by atoms with E-state index in [9.17, 15) is 14.9 Å². The highest BCUT2D eigenvalue weighted by atomic mass is 35.5. The fourth-order valence-electron chi connectivity index (χ4n) is 2.30. The zero-order chi connectivity index (χ0) is 18.2. The van der Waals surface area contributed by atoms with E-state index in [1.165, 1.54) is 18.2 Å². The molecule has 6 nitrogen and oxygen atoms in total. The summed E-state index contributed by atoms with van der Waals surface area (Å²) in [5.41, 5.74) is 0.773. The summed E-state index contributed by atoms with van der Waals surface area (Å²) in [4.78, 5) is 22.5. The van der Waals surface area contributed by atoms with Gasteiger partial charge in [-0.1, -0.05) is 41.9 Å². The first-order chi connectivity index (χ1) is 12.0. The number of hydrogen-bond donors (Lipinski definition) is 1. The van der Waals surface area contributed by atoms with Gasteiger partial charge < -0.3 is 10.1 Å². The zero-order valence-electron chi connectivity index (χ0n) is 13.8. The number of halogens is 1. The van der Waals surface area contributed by atoms with Gasteiger partial charge in [0, 0.05) is 24.2 Å². The van der Waals surface area contributed by atoms with Gasteiger partial charge in [-0.2, -0.15) is 0 Å². The molecule has 1 N–H and O–H groups in total. The van der Waals surface area contributed by atoms with Crippen molar-refractivity contribution in [2.45, 2.75) is 19.4 Å². The van der Waals surface area contributed by atoms with Gasteiger partial charge >= 0.3 is 0 Å². The first-order valence-electron chi connectivity index (χ1n) is 7.87. The maximum atomic E-state index is 12.1. The van der Waals surface area contributed by atoms with Crippen LogP contribution in [0.4, 0.5) is 5.69 Å². The number of nitro benzene ring substituents is 1. The number of carbonyl (C=O) groups is 1. The molecule has 0 aliphatic rings. The van der Waals surface area contributed by atoms with Crippen LogP contribution in [0.15, 0.2) is 48.5 Å². The highest BCUT2D eigenvalue weighted by molar-refractivity contribution is 6.31. The van der Waals surface area contributed by atoms with Crippen LogP contribution in [0.1, 0.15) is 35.4 Å². The lowest BCUT2D eigenvalue weighted by Gasteiger charge is -2.13. The Labute approximate surface area is 150 Å². The molecule has 0 radical (unpaired) electrons. The van der Waals surface area contributed by atoms with Gasteiger partial charge in [0.05, 0.1) is 11.0 Å². The molecule has 1 amide bonds. The minimum Gasteiger partial charge on any atom is -0.374 e. The van der Waals surface area contributed by atoms with Crippen LogP contribution in [0.2, 0.25) is 5.02 Å². The second kappa shape index (κ2) is 9.15. The molecule has 0 aromatic heterocycles. The van der Waals surface area contributed by atoms with E-state index in [-0.39, 0.29) is 22.4 Å². The molecular formula is C18H19ClN2O4. The number of nitrogens with one attached hydrogen (secondary N) is 1. The van der Waals surface area contributed by atoms with Crippen molar-refractivity contribution in [2.75, 3.05) is 13.2 Å². The Hall–Kier alpha value is -2.44. The fourth-order valence-corrected chi connectivity index (χ4v) is 2.46. The summed E-state index contributed by atoms with van der Waals surface area (Å²) in [6.07, 6.45) is 0.568. The Balaban J connectivity index is 1.79. The molecule has 2 aromatic rings. The predicted molar refractivity (Wildman–Crippen MR) is 95.9 cm³/mol. The first kappa shape index (κ1) is 18.9. The lowest BCUT2D eigenvalue weighted by Crippen LogP contribution is -2.26. The number of ether oxygens (including phenoxy) is 1. The molecule has 2 rings (SSSR count). The highest BCUT2D eigenvalue weighted by Crippen LogP contribution is 2.23. The van der Waals surface area contributed by atoms with Crippen LogP contribution in [0, 0.1) is 10.1 Å². The molecule has 0 heterocycles. The number of rotatable bonds is 8. The summed E-state index contributed by atoms with van der Waals surface area (Å²) < 4.78 is 5.72. The van der Waals surface area contributed by atoms with Crippen molar-refractivity contribution < 1.29 is 14.5 Å². The molecule has 0 unspecified atom stereocenters. The maximum absolute atomic E-state index is 12.1. The number of nitro groups is 1. The number of benzene rings is 2. The number of carbonyl (C=O) groups excluding carboxylic acids is 1. The second-order valence-corrected chi connectivity index (χ2v) is 5.89. The van der Waals surface area contributed by atoms with Gasteiger partial charge in [0.2, 0.25) is 0 Å². The highest BCUT2D eigenvalue weighted by Gasteiger charge is 2.20. The third kappa shape index (κ3) is 5.55. The standard InChI is InChI=1S/C18H19ClN2O4/c1-13(14-6-3-2-4-7-14)25-11-5-10-20-18(22)16-9-8-15(19)12-17(16)21(23)24/h2-4,6-9,12-13H,5,10-11H2,1H3,(H,20,22)/t13-/m1/s1. The topological polar surface area (TPSA) is 81.5 Å². The molecule has 0 saturated heterocycles. The van der Waals surface area contributed by atoms with Gasteiger partial charge in [0.15, 0.2) is 0 Å². The van der Waals surface area contributed by atoms with E-state index in [1.54, 1.807) is 0 Å². The molecular weight excluding hydrogens is 344 g/mol. The van der Waals surface area contributed by atoms with Crippen LogP contribution < -0.4 is 5.32 Å². The van der Waals surface area contributed by atoms with Crippen LogP contribution in [0.3, 0.4) is 0 Å². The Morgan fingerprint density at radius 1 is 1.28 bits per heavy atom. The summed E-state index contributed by atoms with van der Waals surface area (Å²) in [5.74, 6) is -0.500. The summed E-state index contributed by atoms with van der Waals surface area (Å²) in [5, 5.41) is 13.9. The van der Waals surface area contributed by atoms with Crippen LogP contribution in [0.5, 0.6) is 0 Å². The fraction of sp³-hybridized carbons (Fsp3) is 0.278. The minimum atomic E-state index is -0.620. The van der Waals surface area contributed by atoms with Crippen molar-refractivity contribution >= 4 is 23.2 Å². The third-order valence-electron chi connectivity index (χ3n) is 3.64. The molecule has 2 aromatic carbocycles. The van der Waals surface area contributed by atoms with Crippen molar-refractivity contribution in [3.8, 4) is 0 Å². The van der Waals surface area contributed by atoms with Crippen molar-refractivity contribution in [1.29, 1.82) is 0 Å². The van der Waals surface area contributed by atoms with Gasteiger partial charge in [-0.15, -0.1) is 0 Å². The molecule has 0 bridgehead atoms. The van der Waals surface area contributed by atoms with E-state index in [1.807, 2.05) is 37.3 Å². The van der Waals surface area contributed by atoms with Crippen molar-refractivity contribution in [2.24, 2.45) is 0 Å². The maximum Gasteiger partial charge on any atom is 0.283 e. The molecule has 0 spiro atoms. The summed E-state index contributed by atoms with van der Waals surface area (Å²) in [6, 6.07) is 13.8. The van der Waals surface area contributed by atoms with Crippen LogP contribution in [-0.4, -0.2) is 24.0 Å². The van der Waals surface area contributed by atoms with E-state index in [0.29, 0.717) is 19.6 Å². The van der Waals surface area contributed by atoms with Crippen molar-refractivity contribution in [3.63, 3.8) is 0 Å². The molecule has 0 fully saturated rings. The van der Waals surface area contributed by atoms with Gasteiger partial charge in [0.25, 0.3) is 11.6 Å². The van der Waals surface area contributed by atoms with E-state index >= 15 is 0 Å². The van der Waals surface area contributed by atoms with Crippen molar-refractivity contribution in [3.05, 3.63) is 74.8 Å². The Morgan fingerprint density at radius 2 is 2.00 bits per heavy atom. The smallest absolute Gasteiger partial charge is 0.283 e. The van der Waals surface area contributed by atoms with Crippen LogP contribution in [-0.2, 0) is 4.74 Å². The number of amides is 1. The molecule has 7 heteroatoms. The normalized spacial score (nSPS) is 11.8. The van der Waals surface area contributed by atoms with Gasteiger partial charge in [-0.25, -0.2) is 0 Å². The zero-order valence-corrected chi connectivity index (χ0v) is 14.5. The Morgan fingerprint density at radius 3 is 2.68 bits per heavy atom. The van der Waals surface area contributed by atoms with E-state index in [4.69, 9.17) is 16.3 Å². The average Bonchev–Trinajstić information content (AvgIpc) is 2.61. The van der Waals surface area contributed by atoms with E-state index in [2.05, 4.69) is 5.32 Å². The Bertz CT molecular complexity index is 737. The molecule has 25 heavy (non-hydrogen) atoms. The largest absolute Gasteiger partial charge is 0.374 e. The van der Waals surface area contributed by atoms with Gasteiger partial charge in [-0.05, 0) is 31.0 Å². The van der Waals surface area contributed by atoms with Crippen LogP contribution >= 0.6 is 11.6 Å². The quantitative estimate of drug-likeness (QED) is 0.434. The SMILES string of the molecule is C[C@@H](OCCCNC(=O)c1ccc(Cl)cc1[N+](=O)[O-])c1ccccc1. The monoisotopic (exact) mass is 362 g/mol. The molecule has 0 aliphatic carbocycles. The van der Waals surface area contributed by atoms with E-state index in [0.717, 1.165) is 5.56 Å². The van der Waals surface area contributed by atoms with Gasteiger partial charge in [-0.3, -0.25) is 14.9 Å². The molecule has 132 valence electrons.